The number of para-hydroxylation sites is 2. The smallest absolute Gasteiger partial charge is 0.324 e. The van der Waals surface area contributed by atoms with Crippen LogP contribution >= 0.6 is 11.8 Å². The summed E-state index contributed by atoms with van der Waals surface area (Å²) in [5.41, 5.74) is 2.44. The van der Waals surface area contributed by atoms with Crippen molar-refractivity contribution in [2.45, 2.75) is 42.2 Å². The zero-order chi connectivity index (χ0) is 23.8. The van der Waals surface area contributed by atoms with Crippen LogP contribution in [0.15, 0.2) is 63.1 Å². The molecular formula is C23H28N2O6S2. The largest absolute Gasteiger partial charge is 0.462 e. The fourth-order valence-electron chi connectivity index (χ4n) is 3.07. The molecule has 178 valence electrons. The number of carbonyl (C=O) groups is 1. The number of thioether (sulfide) groups is 1. The molecule has 0 radical (unpaired) electrons. The maximum Gasteiger partial charge on any atom is 0.324 e. The van der Waals surface area contributed by atoms with Crippen LogP contribution in [0, 0.1) is 5.92 Å². The van der Waals surface area contributed by atoms with E-state index in [-0.39, 0.29) is 24.0 Å². The highest BCUT2D eigenvalue weighted by molar-refractivity contribution is 7.98. The minimum absolute atomic E-state index is 0.0676. The van der Waals surface area contributed by atoms with Crippen molar-refractivity contribution in [3.05, 3.63) is 54.1 Å². The lowest BCUT2D eigenvalue weighted by Crippen LogP contribution is -2.42. The molecule has 3 aromatic rings. The molecule has 0 aliphatic heterocycles. The van der Waals surface area contributed by atoms with Crippen LogP contribution in [0.4, 0.5) is 0 Å². The van der Waals surface area contributed by atoms with Crippen LogP contribution in [0.25, 0.3) is 11.1 Å². The predicted molar refractivity (Wildman–Crippen MR) is 126 cm³/mol. The maximum absolute atomic E-state index is 12.9. The van der Waals surface area contributed by atoms with Crippen LogP contribution in [-0.2, 0) is 30.0 Å². The number of benzene rings is 2. The number of oxazole rings is 1. The number of hydrogen-bond acceptors (Lipinski definition) is 8. The van der Waals surface area contributed by atoms with Crippen molar-refractivity contribution < 1.29 is 27.1 Å². The van der Waals surface area contributed by atoms with Crippen molar-refractivity contribution >= 4 is 38.9 Å². The molecule has 0 aliphatic rings. The Hall–Kier alpha value is -2.40. The monoisotopic (exact) mass is 492 g/mol. The van der Waals surface area contributed by atoms with Gasteiger partial charge in [-0.05, 0) is 42.2 Å². The summed E-state index contributed by atoms with van der Waals surface area (Å²) in [6, 6.07) is 13.1. The first-order chi connectivity index (χ1) is 15.8. The molecule has 3 rings (SSSR count). The molecule has 1 N–H and O–H groups in total. The van der Waals surface area contributed by atoms with Crippen molar-refractivity contribution in [1.82, 2.24) is 9.71 Å². The summed E-state index contributed by atoms with van der Waals surface area (Å²) in [5.74, 6) is 0.0529. The molecular weight excluding hydrogens is 464 g/mol. The number of methoxy groups -OCH3 is 1. The number of esters is 1. The minimum atomic E-state index is -3.90. The van der Waals surface area contributed by atoms with Gasteiger partial charge in [0.2, 0.25) is 10.0 Å². The molecule has 0 unspecified atom stereocenters. The first-order valence-corrected chi connectivity index (χ1v) is 13.0. The maximum atomic E-state index is 12.9. The van der Waals surface area contributed by atoms with Crippen molar-refractivity contribution in [2.75, 3.05) is 20.3 Å². The van der Waals surface area contributed by atoms with Crippen molar-refractivity contribution in [3.8, 4) is 0 Å². The Morgan fingerprint density at radius 3 is 2.52 bits per heavy atom. The number of nitrogens with one attached hydrogen (secondary N) is 1. The van der Waals surface area contributed by atoms with Gasteiger partial charge < -0.3 is 13.9 Å². The lowest BCUT2D eigenvalue weighted by Gasteiger charge is -2.19. The van der Waals surface area contributed by atoms with Crippen molar-refractivity contribution in [3.63, 3.8) is 0 Å². The van der Waals surface area contributed by atoms with Gasteiger partial charge in [-0.1, -0.05) is 49.9 Å². The molecule has 10 heteroatoms. The van der Waals surface area contributed by atoms with Gasteiger partial charge in [-0.15, -0.1) is 0 Å². The number of fused-ring (bicyclic) bond motifs is 1. The Kier molecular flexibility index (Phi) is 8.90. The highest BCUT2D eigenvalue weighted by Gasteiger charge is 2.27. The number of nitrogens with zero attached hydrogens (tertiary/aromatic N) is 1. The molecule has 33 heavy (non-hydrogen) atoms. The normalized spacial score (nSPS) is 12.8. The fraction of sp³-hybridized carbons (Fsp3) is 0.391. The second-order valence-electron chi connectivity index (χ2n) is 7.84. The molecule has 0 fully saturated rings. The summed E-state index contributed by atoms with van der Waals surface area (Å²) in [7, 11) is -2.40. The van der Waals surface area contributed by atoms with Gasteiger partial charge in [0.25, 0.3) is 5.22 Å². The van der Waals surface area contributed by atoms with Gasteiger partial charge in [0.15, 0.2) is 5.58 Å². The SMILES string of the molecule is COCCOC(=O)[C@H](CC(C)C)NS(=O)(=O)c1ccc(CSc2nc3ccccc3o2)cc1. The van der Waals surface area contributed by atoms with Gasteiger partial charge in [-0.25, -0.2) is 13.4 Å². The van der Waals surface area contributed by atoms with Gasteiger partial charge in [0.1, 0.15) is 18.2 Å². The Morgan fingerprint density at radius 2 is 1.85 bits per heavy atom. The number of sulfonamides is 1. The van der Waals surface area contributed by atoms with Gasteiger partial charge in [-0.3, -0.25) is 4.79 Å². The fourth-order valence-corrected chi connectivity index (χ4v) is 5.06. The Labute approximate surface area is 198 Å². The molecule has 0 saturated carbocycles. The first-order valence-electron chi connectivity index (χ1n) is 10.5. The Bertz CT molecular complexity index is 1130. The molecule has 0 spiro atoms. The second-order valence-corrected chi connectivity index (χ2v) is 10.5. The predicted octanol–water partition coefficient (Wildman–Crippen LogP) is 4.00. The minimum Gasteiger partial charge on any atom is -0.462 e. The molecule has 0 bridgehead atoms. The van der Waals surface area contributed by atoms with E-state index in [1.165, 1.54) is 31.0 Å². The third-order valence-corrected chi connectivity index (χ3v) is 7.08. The summed E-state index contributed by atoms with van der Waals surface area (Å²) in [5, 5.41) is 0.554. The van der Waals surface area contributed by atoms with E-state index in [0.717, 1.165) is 16.7 Å². The number of ether oxygens (including phenoxy) is 2. The third kappa shape index (κ3) is 7.29. The van der Waals surface area contributed by atoms with E-state index in [1.54, 1.807) is 12.1 Å². The summed E-state index contributed by atoms with van der Waals surface area (Å²) in [4.78, 5) is 16.9. The van der Waals surface area contributed by atoms with Crippen LogP contribution < -0.4 is 4.72 Å². The van der Waals surface area contributed by atoms with Crippen LogP contribution in [0.1, 0.15) is 25.8 Å². The van der Waals surface area contributed by atoms with E-state index in [1.807, 2.05) is 38.1 Å². The van der Waals surface area contributed by atoms with Crippen LogP contribution in [0.3, 0.4) is 0 Å². The van der Waals surface area contributed by atoms with Gasteiger partial charge in [0, 0.05) is 12.9 Å². The number of rotatable bonds is 12. The molecule has 1 atom stereocenters. The van der Waals surface area contributed by atoms with Crippen molar-refractivity contribution in [2.24, 2.45) is 5.92 Å². The van der Waals surface area contributed by atoms with E-state index in [9.17, 15) is 13.2 Å². The number of aromatic nitrogens is 1. The summed E-state index contributed by atoms with van der Waals surface area (Å²) < 4.78 is 43.9. The average Bonchev–Trinajstić information content (AvgIpc) is 3.20. The zero-order valence-corrected chi connectivity index (χ0v) is 20.4. The molecule has 0 amide bonds. The second kappa shape index (κ2) is 11.6. The molecule has 0 saturated heterocycles. The highest BCUT2D eigenvalue weighted by Crippen LogP contribution is 2.26. The molecule has 8 nitrogen and oxygen atoms in total. The van der Waals surface area contributed by atoms with Crippen LogP contribution in [0.2, 0.25) is 0 Å². The molecule has 1 aromatic heterocycles. The highest BCUT2D eigenvalue weighted by atomic mass is 32.2. The van der Waals surface area contributed by atoms with E-state index in [2.05, 4.69) is 9.71 Å². The van der Waals surface area contributed by atoms with Gasteiger partial charge in [-0.2, -0.15) is 4.72 Å². The lowest BCUT2D eigenvalue weighted by molar-refractivity contribution is -0.147. The third-order valence-electron chi connectivity index (χ3n) is 4.69. The van der Waals surface area contributed by atoms with E-state index in [0.29, 0.717) is 17.4 Å². The summed E-state index contributed by atoms with van der Waals surface area (Å²) in [6.45, 7) is 4.13. The van der Waals surface area contributed by atoms with E-state index in [4.69, 9.17) is 13.9 Å². The van der Waals surface area contributed by atoms with Gasteiger partial charge >= 0.3 is 5.97 Å². The Morgan fingerprint density at radius 1 is 1.12 bits per heavy atom. The lowest BCUT2D eigenvalue weighted by atomic mass is 10.1. The quantitative estimate of drug-likeness (QED) is 0.230. The molecule has 1 heterocycles. The number of hydrogen-bond donors (Lipinski definition) is 1. The summed E-state index contributed by atoms with van der Waals surface area (Å²) >= 11 is 1.43. The average molecular weight is 493 g/mol. The first kappa shape index (κ1) is 25.2. The Balaban J connectivity index is 1.63. The van der Waals surface area contributed by atoms with E-state index >= 15 is 0 Å². The van der Waals surface area contributed by atoms with E-state index < -0.39 is 22.0 Å². The topological polar surface area (TPSA) is 108 Å². The van der Waals surface area contributed by atoms with Gasteiger partial charge in [0.05, 0.1) is 11.5 Å². The number of carbonyl (C=O) groups excluding carboxylic acids is 1. The van der Waals surface area contributed by atoms with Crippen LogP contribution in [-0.4, -0.2) is 45.7 Å². The standard InChI is InChI=1S/C23H28N2O6S2/c1-16(2)14-20(22(26)30-13-12-29-3)25-33(27,28)18-10-8-17(9-11-18)15-32-23-24-19-6-4-5-7-21(19)31-23/h4-11,16,20,25H,12-15H2,1-3H3/t20-/m0/s1. The van der Waals surface area contributed by atoms with Crippen molar-refractivity contribution in [1.29, 1.82) is 0 Å². The zero-order valence-electron chi connectivity index (χ0n) is 18.8. The summed E-state index contributed by atoms with van der Waals surface area (Å²) in [6.07, 6.45) is 0.324. The van der Waals surface area contributed by atoms with Crippen LogP contribution in [0.5, 0.6) is 0 Å². The molecule has 2 aromatic carbocycles. The molecule has 0 aliphatic carbocycles.